The quantitative estimate of drug-likeness (QED) is 0.460. The van der Waals surface area contributed by atoms with Crippen LogP contribution in [-0.2, 0) is 6.54 Å². The first-order valence-corrected chi connectivity index (χ1v) is 9.39. The molecule has 0 radical (unpaired) electrons. The molecular formula is C24H22F2N2O2. The molecule has 4 aromatic rings. The minimum absolute atomic E-state index is 0.167. The number of rotatable bonds is 4. The lowest BCUT2D eigenvalue weighted by Crippen LogP contribution is -2.05. The first-order valence-electron chi connectivity index (χ1n) is 9.39. The maximum absolute atomic E-state index is 12.5. The maximum atomic E-state index is 12.5. The predicted octanol–water partition coefficient (Wildman–Crippen LogP) is 5.14. The van der Waals surface area contributed by atoms with Gasteiger partial charge in [-0.1, -0.05) is 24.3 Å². The van der Waals surface area contributed by atoms with Crippen molar-refractivity contribution < 1.29 is 18.7 Å². The predicted molar refractivity (Wildman–Crippen MR) is 114 cm³/mol. The fourth-order valence-corrected chi connectivity index (χ4v) is 3.34. The molecule has 0 unspecified atom stereocenters. The van der Waals surface area contributed by atoms with Crippen LogP contribution in [0.15, 0.2) is 66.7 Å². The third-order valence-electron chi connectivity index (χ3n) is 4.73. The van der Waals surface area contributed by atoms with Crippen molar-refractivity contribution in [2.24, 2.45) is 0 Å². The van der Waals surface area contributed by atoms with E-state index < -0.39 is 11.6 Å². The minimum Gasteiger partial charge on any atom is -0.508 e. The molecule has 0 amide bonds. The van der Waals surface area contributed by atoms with Crippen molar-refractivity contribution in [1.29, 1.82) is 0 Å². The average Bonchev–Trinajstić information content (AvgIpc) is 3.02. The van der Waals surface area contributed by atoms with Crippen molar-refractivity contribution in [2.75, 3.05) is 7.05 Å². The van der Waals surface area contributed by atoms with Gasteiger partial charge >= 0.3 is 0 Å². The number of hydrogen-bond acceptors (Lipinski definition) is 3. The highest BCUT2D eigenvalue weighted by Gasteiger charge is 2.14. The second-order valence-electron chi connectivity index (χ2n) is 6.77. The number of carbonyl (C=O) groups excluding carboxylic acids is 1. The van der Waals surface area contributed by atoms with Crippen LogP contribution < -0.4 is 5.32 Å². The summed E-state index contributed by atoms with van der Waals surface area (Å²) in [6.45, 7) is 2.46. The average molecular weight is 408 g/mol. The minimum atomic E-state index is -0.801. The summed E-state index contributed by atoms with van der Waals surface area (Å²) in [6, 6.07) is 18.8. The van der Waals surface area contributed by atoms with E-state index in [9.17, 15) is 18.7 Å². The van der Waals surface area contributed by atoms with Crippen molar-refractivity contribution in [3.63, 3.8) is 0 Å². The van der Waals surface area contributed by atoms with Crippen molar-refractivity contribution in [2.45, 2.75) is 13.5 Å². The highest BCUT2D eigenvalue weighted by molar-refractivity contribution is 6.00. The molecule has 154 valence electrons. The van der Waals surface area contributed by atoms with E-state index in [-0.39, 0.29) is 5.75 Å². The molecule has 0 saturated carbocycles. The molecule has 0 atom stereocenters. The number of phenolic OH excluding ortho intramolecular Hbond substituents is 1. The number of aldehydes is 1. The van der Waals surface area contributed by atoms with Crippen molar-refractivity contribution >= 4 is 17.2 Å². The number of aromatic nitrogens is 1. The molecule has 4 nitrogen and oxygen atoms in total. The highest BCUT2D eigenvalue weighted by atomic mass is 19.2. The van der Waals surface area contributed by atoms with Crippen molar-refractivity contribution in [3.8, 4) is 11.4 Å². The normalized spacial score (nSPS) is 10.5. The molecule has 0 saturated heterocycles. The first kappa shape index (κ1) is 21.2. The summed E-state index contributed by atoms with van der Waals surface area (Å²) in [5.74, 6) is -1.43. The number of carbonyl (C=O) groups is 1. The molecule has 2 N–H and O–H groups in total. The van der Waals surface area contributed by atoms with Crippen LogP contribution in [0.5, 0.6) is 5.75 Å². The third-order valence-corrected chi connectivity index (χ3v) is 4.73. The monoisotopic (exact) mass is 408 g/mol. The molecule has 0 aliphatic rings. The Labute approximate surface area is 173 Å². The Morgan fingerprint density at radius 1 is 1.00 bits per heavy atom. The summed E-state index contributed by atoms with van der Waals surface area (Å²) in [6.07, 6.45) is 0.844. The largest absolute Gasteiger partial charge is 0.508 e. The number of benzene rings is 3. The Morgan fingerprint density at radius 2 is 1.73 bits per heavy atom. The standard InChI is InChI=1S/C16H13NO2.C8H9F2N/c1-11-15(10-18)14-9-13(19)7-8-16(14)17(11)12-5-3-2-4-6-12;1-11-5-6-2-3-7(9)8(10)4-6/h2-10,19H,1H3;2-4,11H,5H2,1H3. The highest BCUT2D eigenvalue weighted by Crippen LogP contribution is 2.30. The van der Waals surface area contributed by atoms with E-state index >= 15 is 0 Å². The number of halogens is 2. The first-order chi connectivity index (χ1) is 14.5. The Balaban J connectivity index is 0.000000199. The Morgan fingerprint density at radius 3 is 2.37 bits per heavy atom. The van der Waals surface area contributed by atoms with Gasteiger partial charge in [0.1, 0.15) is 5.75 Å². The molecule has 3 aromatic carbocycles. The van der Waals surface area contributed by atoms with E-state index in [4.69, 9.17) is 0 Å². The molecule has 0 aliphatic heterocycles. The molecule has 0 aliphatic carbocycles. The Kier molecular flexibility index (Phi) is 6.59. The molecular weight excluding hydrogens is 386 g/mol. The fraction of sp³-hybridized carbons (Fsp3) is 0.125. The van der Waals surface area contributed by atoms with Gasteiger partial charge in [0.15, 0.2) is 17.9 Å². The molecule has 1 heterocycles. The molecule has 0 spiro atoms. The summed E-state index contributed by atoms with van der Waals surface area (Å²) in [4.78, 5) is 11.3. The fourth-order valence-electron chi connectivity index (χ4n) is 3.34. The summed E-state index contributed by atoms with van der Waals surface area (Å²) in [5.41, 5.74) is 4.16. The Bertz CT molecular complexity index is 1170. The van der Waals surface area contributed by atoms with Crippen LogP contribution >= 0.6 is 0 Å². The van der Waals surface area contributed by atoms with E-state index in [1.54, 1.807) is 25.2 Å². The number of nitrogens with one attached hydrogen (secondary N) is 1. The van der Waals surface area contributed by atoms with Gasteiger partial charge in [-0.15, -0.1) is 0 Å². The molecule has 0 fully saturated rings. The second kappa shape index (κ2) is 9.33. The lowest BCUT2D eigenvalue weighted by atomic mass is 10.1. The zero-order valence-corrected chi connectivity index (χ0v) is 16.7. The van der Waals surface area contributed by atoms with Crippen molar-refractivity contribution in [3.05, 3.63) is 95.2 Å². The van der Waals surface area contributed by atoms with Gasteiger partial charge in [-0.25, -0.2) is 8.78 Å². The maximum Gasteiger partial charge on any atom is 0.159 e. The lowest BCUT2D eigenvalue weighted by Gasteiger charge is -2.08. The van der Waals surface area contributed by atoms with Gasteiger partial charge in [0, 0.05) is 28.9 Å². The van der Waals surface area contributed by atoms with Crippen molar-refractivity contribution in [1.82, 2.24) is 9.88 Å². The summed E-state index contributed by atoms with van der Waals surface area (Å²) in [5, 5.41) is 13.2. The van der Waals surface area contributed by atoms with Crippen LogP contribution in [0.1, 0.15) is 21.6 Å². The van der Waals surface area contributed by atoms with Gasteiger partial charge in [0.25, 0.3) is 0 Å². The van der Waals surface area contributed by atoms with E-state index in [2.05, 4.69) is 5.32 Å². The summed E-state index contributed by atoms with van der Waals surface area (Å²) >= 11 is 0. The number of para-hydroxylation sites is 1. The van der Waals surface area contributed by atoms with Gasteiger partial charge in [-0.3, -0.25) is 4.79 Å². The van der Waals surface area contributed by atoms with Gasteiger partial charge in [-0.05, 0) is 62.0 Å². The van der Waals surface area contributed by atoms with E-state index in [0.717, 1.165) is 40.2 Å². The van der Waals surface area contributed by atoms with E-state index in [0.29, 0.717) is 12.1 Å². The van der Waals surface area contributed by atoms with Crippen LogP contribution in [0.25, 0.3) is 16.6 Å². The number of phenols is 1. The van der Waals surface area contributed by atoms with Crippen LogP contribution in [-0.4, -0.2) is 23.0 Å². The summed E-state index contributed by atoms with van der Waals surface area (Å²) < 4.78 is 26.9. The van der Waals surface area contributed by atoms with E-state index in [1.165, 1.54) is 6.07 Å². The molecule has 6 heteroatoms. The van der Waals surface area contributed by atoms with Gasteiger partial charge < -0.3 is 15.0 Å². The SMILES string of the molecule is CNCc1ccc(F)c(F)c1.Cc1c(C=O)c2cc(O)ccc2n1-c1ccccc1. The molecule has 1 aromatic heterocycles. The zero-order chi connectivity index (χ0) is 21.7. The smallest absolute Gasteiger partial charge is 0.159 e. The number of hydrogen-bond donors (Lipinski definition) is 2. The summed E-state index contributed by atoms with van der Waals surface area (Å²) in [7, 11) is 1.75. The number of nitrogens with zero attached hydrogens (tertiary/aromatic N) is 1. The van der Waals surface area contributed by atoms with Crippen LogP contribution in [0.3, 0.4) is 0 Å². The topological polar surface area (TPSA) is 54.3 Å². The van der Waals surface area contributed by atoms with Gasteiger partial charge in [-0.2, -0.15) is 0 Å². The molecule has 0 bridgehead atoms. The third kappa shape index (κ3) is 4.39. The van der Waals surface area contributed by atoms with Crippen LogP contribution in [0.2, 0.25) is 0 Å². The van der Waals surface area contributed by atoms with Crippen LogP contribution in [0, 0.1) is 18.6 Å². The van der Waals surface area contributed by atoms with E-state index in [1.807, 2.05) is 47.9 Å². The van der Waals surface area contributed by atoms with Gasteiger partial charge in [0.2, 0.25) is 0 Å². The lowest BCUT2D eigenvalue weighted by molar-refractivity contribution is 0.112. The van der Waals surface area contributed by atoms with Crippen LogP contribution in [0.4, 0.5) is 8.78 Å². The number of aromatic hydroxyl groups is 1. The zero-order valence-electron chi connectivity index (χ0n) is 16.7. The molecule has 30 heavy (non-hydrogen) atoms. The van der Waals surface area contributed by atoms with Gasteiger partial charge in [0.05, 0.1) is 5.52 Å². The number of fused-ring (bicyclic) bond motifs is 1. The Hall–Kier alpha value is -3.51. The second-order valence-corrected chi connectivity index (χ2v) is 6.77. The molecule has 4 rings (SSSR count).